The highest BCUT2D eigenvalue weighted by Crippen LogP contribution is 2.13. The number of nitroso groups, excluding NO2 is 1. The van der Waals surface area contributed by atoms with Gasteiger partial charge in [0.05, 0.1) is 12.1 Å². The summed E-state index contributed by atoms with van der Waals surface area (Å²) in [5, 5.41) is 12.2. The summed E-state index contributed by atoms with van der Waals surface area (Å²) in [6, 6.07) is -0.0820. The zero-order chi connectivity index (χ0) is 10.8. The average molecular weight is 201 g/mol. The van der Waals surface area contributed by atoms with Crippen molar-refractivity contribution in [3.05, 3.63) is 4.91 Å². The Balaban J connectivity index is 3.43. The van der Waals surface area contributed by atoms with Gasteiger partial charge in [-0.05, 0) is 26.2 Å². The molecule has 0 aromatic carbocycles. The van der Waals surface area contributed by atoms with Crippen molar-refractivity contribution < 1.29 is 5.11 Å². The molecule has 2 unspecified atom stereocenters. The minimum Gasteiger partial charge on any atom is -0.393 e. The first-order valence-corrected chi connectivity index (χ1v) is 5.71. The molecule has 0 fully saturated rings. The van der Waals surface area contributed by atoms with Crippen molar-refractivity contribution in [3.63, 3.8) is 0 Å². The van der Waals surface area contributed by atoms with Gasteiger partial charge in [-0.3, -0.25) is 0 Å². The molecule has 0 aliphatic rings. The smallest absolute Gasteiger partial charge is 0.0920 e. The van der Waals surface area contributed by atoms with E-state index < -0.39 is 0 Å². The van der Waals surface area contributed by atoms with Crippen molar-refractivity contribution in [3.8, 4) is 0 Å². The molecule has 0 saturated heterocycles. The highest BCUT2D eigenvalue weighted by Gasteiger charge is 2.09. The summed E-state index contributed by atoms with van der Waals surface area (Å²) >= 11 is 0. The molecular weight excluding hydrogens is 178 g/mol. The number of hydrogen-bond acceptors (Lipinski definition) is 3. The van der Waals surface area contributed by atoms with E-state index >= 15 is 0 Å². The lowest BCUT2D eigenvalue weighted by Gasteiger charge is -2.09. The van der Waals surface area contributed by atoms with Crippen LogP contribution < -0.4 is 0 Å². The SMILES string of the molecule is CCCCCCC(CCC(C)O)N=O. The summed E-state index contributed by atoms with van der Waals surface area (Å²) in [4.78, 5) is 10.4. The third kappa shape index (κ3) is 8.17. The van der Waals surface area contributed by atoms with E-state index in [0.29, 0.717) is 6.42 Å². The van der Waals surface area contributed by atoms with Crippen molar-refractivity contribution in [2.75, 3.05) is 0 Å². The second-order valence-electron chi connectivity index (χ2n) is 4.03. The number of aliphatic hydroxyl groups is 1. The molecular formula is C11H23NO2. The molecule has 1 N–H and O–H groups in total. The Bertz CT molecular complexity index is 137. The Labute approximate surface area is 86.9 Å². The quantitative estimate of drug-likeness (QED) is 0.460. The normalized spacial score (nSPS) is 15.1. The first kappa shape index (κ1) is 13.6. The lowest BCUT2D eigenvalue weighted by atomic mass is 10.0. The molecule has 0 aliphatic carbocycles. The standard InChI is InChI=1S/C11H23NO2/c1-3-4-5-6-7-11(12-14)9-8-10(2)13/h10-11,13H,3-9H2,1-2H3. The molecule has 0 aromatic rings. The molecule has 0 spiro atoms. The minimum atomic E-state index is -0.310. The minimum absolute atomic E-state index is 0.0820. The molecule has 3 heteroatoms. The fourth-order valence-electron chi connectivity index (χ4n) is 1.49. The van der Waals surface area contributed by atoms with E-state index in [1.807, 2.05) is 0 Å². The zero-order valence-corrected chi connectivity index (χ0v) is 9.41. The van der Waals surface area contributed by atoms with E-state index in [0.717, 1.165) is 19.3 Å². The predicted octanol–water partition coefficient (Wildman–Crippen LogP) is 3.25. The predicted molar refractivity (Wildman–Crippen MR) is 59.3 cm³/mol. The van der Waals surface area contributed by atoms with Crippen LogP contribution in [0.5, 0.6) is 0 Å². The lowest BCUT2D eigenvalue weighted by molar-refractivity contribution is 0.177. The fraction of sp³-hybridized carbons (Fsp3) is 1.00. The average Bonchev–Trinajstić information content (AvgIpc) is 2.16. The number of hydrogen-bond donors (Lipinski definition) is 1. The summed E-state index contributed by atoms with van der Waals surface area (Å²) in [6.45, 7) is 3.92. The maximum absolute atomic E-state index is 10.4. The van der Waals surface area contributed by atoms with Crippen LogP contribution in [0.3, 0.4) is 0 Å². The van der Waals surface area contributed by atoms with Gasteiger partial charge in [-0.25, -0.2) is 0 Å². The van der Waals surface area contributed by atoms with Crippen LogP contribution in [0.25, 0.3) is 0 Å². The first-order chi connectivity index (χ1) is 6.70. The molecule has 0 radical (unpaired) electrons. The van der Waals surface area contributed by atoms with Crippen LogP contribution in [0.2, 0.25) is 0 Å². The molecule has 0 rings (SSSR count). The molecule has 0 heterocycles. The molecule has 3 nitrogen and oxygen atoms in total. The van der Waals surface area contributed by atoms with Crippen LogP contribution in [-0.2, 0) is 0 Å². The van der Waals surface area contributed by atoms with Crippen LogP contribution in [-0.4, -0.2) is 17.3 Å². The number of rotatable bonds is 9. The number of unbranched alkanes of at least 4 members (excludes halogenated alkanes) is 3. The highest BCUT2D eigenvalue weighted by molar-refractivity contribution is 4.67. The molecule has 2 atom stereocenters. The Morgan fingerprint density at radius 1 is 1.14 bits per heavy atom. The highest BCUT2D eigenvalue weighted by atomic mass is 16.3. The van der Waals surface area contributed by atoms with Crippen LogP contribution in [0.4, 0.5) is 0 Å². The molecule has 0 aromatic heterocycles. The third-order valence-electron chi connectivity index (χ3n) is 2.46. The Morgan fingerprint density at radius 2 is 1.86 bits per heavy atom. The van der Waals surface area contributed by atoms with Gasteiger partial charge in [-0.2, -0.15) is 4.91 Å². The molecule has 0 aliphatic heterocycles. The van der Waals surface area contributed by atoms with Crippen molar-refractivity contribution in [2.45, 2.75) is 70.9 Å². The third-order valence-corrected chi connectivity index (χ3v) is 2.46. The zero-order valence-electron chi connectivity index (χ0n) is 9.41. The van der Waals surface area contributed by atoms with Crippen LogP contribution in [0.15, 0.2) is 5.18 Å². The molecule has 0 saturated carbocycles. The maximum Gasteiger partial charge on any atom is 0.0920 e. The molecule has 14 heavy (non-hydrogen) atoms. The van der Waals surface area contributed by atoms with Gasteiger partial charge in [0.1, 0.15) is 0 Å². The topological polar surface area (TPSA) is 49.7 Å². The van der Waals surface area contributed by atoms with E-state index in [2.05, 4.69) is 12.1 Å². The van der Waals surface area contributed by atoms with Gasteiger partial charge in [-0.15, -0.1) is 0 Å². The summed E-state index contributed by atoms with van der Waals surface area (Å²) in [5.74, 6) is 0. The van der Waals surface area contributed by atoms with E-state index in [9.17, 15) is 4.91 Å². The van der Waals surface area contributed by atoms with E-state index in [1.165, 1.54) is 19.3 Å². The largest absolute Gasteiger partial charge is 0.393 e. The monoisotopic (exact) mass is 201 g/mol. The van der Waals surface area contributed by atoms with Gasteiger partial charge in [0.15, 0.2) is 0 Å². The second-order valence-corrected chi connectivity index (χ2v) is 4.03. The number of aliphatic hydroxyl groups excluding tert-OH is 1. The van der Waals surface area contributed by atoms with E-state index in [1.54, 1.807) is 6.92 Å². The fourth-order valence-corrected chi connectivity index (χ4v) is 1.49. The van der Waals surface area contributed by atoms with E-state index in [4.69, 9.17) is 5.11 Å². The summed E-state index contributed by atoms with van der Waals surface area (Å²) in [7, 11) is 0. The first-order valence-electron chi connectivity index (χ1n) is 5.71. The van der Waals surface area contributed by atoms with Gasteiger partial charge < -0.3 is 5.11 Å². The summed E-state index contributed by atoms with van der Waals surface area (Å²) in [6.07, 6.45) is 6.72. The van der Waals surface area contributed by atoms with Crippen molar-refractivity contribution >= 4 is 0 Å². The second kappa shape index (κ2) is 9.13. The van der Waals surface area contributed by atoms with Gasteiger partial charge in [0, 0.05) is 0 Å². The molecule has 0 amide bonds. The summed E-state index contributed by atoms with van der Waals surface area (Å²) < 4.78 is 0. The van der Waals surface area contributed by atoms with Gasteiger partial charge in [0.25, 0.3) is 0 Å². The van der Waals surface area contributed by atoms with Crippen LogP contribution in [0, 0.1) is 4.91 Å². The molecule has 0 bridgehead atoms. The summed E-state index contributed by atoms with van der Waals surface area (Å²) in [5.41, 5.74) is 0. The lowest BCUT2D eigenvalue weighted by Crippen LogP contribution is -2.08. The van der Waals surface area contributed by atoms with Crippen molar-refractivity contribution in [1.82, 2.24) is 0 Å². The molecule has 84 valence electrons. The van der Waals surface area contributed by atoms with Crippen molar-refractivity contribution in [1.29, 1.82) is 0 Å². The van der Waals surface area contributed by atoms with Crippen LogP contribution >= 0.6 is 0 Å². The van der Waals surface area contributed by atoms with Crippen molar-refractivity contribution in [2.24, 2.45) is 5.18 Å². The maximum atomic E-state index is 10.4. The Morgan fingerprint density at radius 3 is 2.36 bits per heavy atom. The van der Waals surface area contributed by atoms with E-state index in [-0.39, 0.29) is 12.1 Å². The number of nitrogens with zero attached hydrogens (tertiary/aromatic N) is 1. The Hall–Kier alpha value is -0.440. The van der Waals surface area contributed by atoms with Gasteiger partial charge >= 0.3 is 0 Å². The van der Waals surface area contributed by atoms with Gasteiger partial charge in [0.2, 0.25) is 0 Å². The van der Waals surface area contributed by atoms with Crippen LogP contribution in [0.1, 0.15) is 58.8 Å². The van der Waals surface area contributed by atoms with Gasteiger partial charge in [-0.1, -0.05) is 37.8 Å². The Kier molecular flexibility index (Phi) is 8.84.